The van der Waals surface area contributed by atoms with Gasteiger partial charge in [-0.15, -0.1) is 0 Å². The quantitative estimate of drug-likeness (QED) is 0.889. The number of carbonyl (C=O) groups excluding carboxylic acids is 2. The summed E-state index contributed by atoms with van der Waals surface area (Å²) in [5.41, 5.74) is 1.02. The number of benzene rings is 1. The zero-order chi connectivity index (χ0) is 17.1. The highest BCUT2D eigenvalue weighted by Gasteiger charge is 2.38. The van der Waals surface area contributed by atoms with Crippen molar-refractivity contribution in [1.29, 1.82) is 0 Å². The zero-order valence-corrected chi connectivity index (χ0v) is 14.4. The van der Waals surface area contributed by atoms with E-state index in [2.05, 4.69) is 17.6 Å². The highest BCUT2D eigenvalue weighted by atomic mass is 16.5. The third-order valence-electron chi connectivity index (χ3n) is 5.31. The third-order valence-corrected chi connectivity index (χ3v) is 5.31. The predicted molar refractivity (Wildman–Crippen MR) is 91.7 cm³/mol. The second-order valence-corrected chi connectivity index (χ2v) is 7.15. The normalized spacial score (nSPS) is 29.3. The maximum atomic E-state index is 12.2. The number of piperidine rings is 1. The first-order valence-corrected chi connectivity index (χ1v) is 8.80. The highest BCUT2D eigenvalue weighted by Crippen LogP contribution is 2.35. The lowest BCUT2D eigenvalue weighted by atomic mass is 9.72. The first-order valence-electron chi connectivity index (χ1n) is 8.80. The molecule has 4 unspecified atom stereocenters. The average molecular weight is 330 g/mol. The van der Waals surface area contributed by atoms with Crippen molar-refractivity contribution in [2.24, 2.45) is 11.8 Å². The minimum atomic E-state index is -0.100. The van der Waals surface area contributed by atoms with E-state index in [1.165, 1.54) is 0 Å². The number of aryl methyl sites for hydroxylation is 1. The van der Waals surface area contributed by atoms with E-state index in [0.717, 1.165) is 30.6 Å². The van der Waals surface area contributed by atoms with E-state index in [9.17, 15) is 9.59 Å². The summed E-state index contributed by atoms with van der Waals surface area (Å²) in [7, 11) is 0. The molecular weight excluding hydrogens is 304 g/mol. The van der Waals surface area contributed by atoms with Crippen LogP contribution in [0.1, 0.15) is 38.2 Å². The van der Waals surface area contributed by atoms with E-state index < -0.39 is 0 Å². The van der Waals surface area contributed by atoms with Crippen LogP contribution in [0.4, 0.5) is 0 Å². The van der Waals surface area contributed by atoms with E-state index in [-0.39, 0.29) is 30.5 Å². The molecule has 0 radical (unpaired) electrons. The van der Waals surface area contributed by atoms with Crippen molar-refractivity contribution >= 4 is 11.8 Å². The molecule has 2 aliphatic rings. The molecule has 2 N–H and O–H groups in total. The number of hydrogen-bond donors (Lipinski definition) is 2. The molecule has 130 valence electrons. The smallest absolute Gasteiger partial charge is 0.258 e. The highest BCUT2D eigenvalue weighted by molar-refractivity contribution is 5.78. The Morgan fingerprint density at radius 1 is 1.33 bits per heavy atom. The lowest BCUT2D eigenvalue weighted by Gasteiger charge is -2.43. The Morgan fingerprint density at radius 3 is 2.92 bits per heavy atom. The monoisotopic (exact) mass is 330 g/mol. The molecule has 0 aromatic heterocycles. The van der Waals surface area contributed by atoms with Gasteiger partial charge in [-0.3, -0.25) is 9.59 Å². The molecule has 4 atom stereocenters. The second-order valence-electron chi connectivity index (χ2n) is 7.15. The molecule has 1 saturated carbocycles. The maximum Gasteiger partial charge on any atom is 0.258 e. The molecule has 24 heavy (non-hydrogen) atoms. The van der Waals surface area contributed by atoms with Crippen molar-refractivity contribution in [2.45, 2.75) is 51.6 Å². The number of carbonyl (C=O) groups is 2. The number of para-hydroxylation sites is 1. The fraction of sp³-hybridized carbons (Fsp3) is 0.579. The fourth-order valence-corrected chi connectivity index (χ4v) is 4.01. The maximum absolute atomic E-state index is 12.2. The Balaban J connectivity index is 1.49. The molecule has 5 heteroatoms. The van der Waals surface area contributed by atoms with Gasteiger partial charge < -0.3 is 15.4 Å². The molecule has 1 aromatic rings. The molecule has 2 fully saturated rings. The van der Waals surface area contributed by atoms with Crippen LogP contribution in [-0.2, 0) is 9.59 Å². The van der Waals surface area contributed by atoms with Gasteiger partial charge in [0.15, 0.2) is 6.61 Å². The SMILES string of the molecule is Cc1ccccc1OCC(=O)NC1CCC2C(C)CC(=O)NC2C1. The van der Waals surface area contributed by atoms with Crippen molar-refractivity contribution in [3.8, 4) is 5.75 Å². The van der Waals surface area contributed by atoms with Crippen molar-refractivity contribution < 1.29 is 14.3 Å². The van der Waals surface area contributed by atoms with E-state index in [1.54, 1.807) is 0 Å². The summed E-state index contributed by atoms with van der Waals surface area (Å²) in [5, 5.41) is 6.15. The Morgan fingerprint density at radius 2 is 2.12 bits per heavy atom. The Bertz CT molecular complexity index is 616. The molecule has 1 aromatic carbocycles. The summed E-state index contributed by atoms with van der Waals surface area (Å²) in [4.78, 5) is 23.9. The molecule has 2 amide bonds. The van der Waals surface area contributed by atoms with Crippen LogP contribution >= 0.6 is 0 Å². The Hall–Kier alpha value is -2.04. The number of rotatable bonds is 4. The van der Waals surface area contributed by atoms with Crippen molar-refractivity contribution in [1.82, 2.24) is 10.6 Å². The van der Waals surface area contributed by atoms with Gasteiger partial charge in [-0.05, 0) is 49.7 Å². The standard InChI is InChI=1S/C19H26N2O3/c1-12-5-3-4-6-17(12)24-11-19(23)20-14-7-8-15-13(2)9-18(22)21-16(15)10-14/h3-6,13-16H,7-11H2,1-2H3,(H,20,23)(H,21,22). The molecule has 1 saturated heterocycles. The van der Waals surface area contributed by atoms with E-state index >= 15 is 0 Å². The van der Waals surface area contributed by atoms with Crippen LogP contribution in [0.25, 0.3) is 0 Å². The molecule has 0 spiro atoms. The minimum Gasteiger partial charge on any atom is -0.484 e. The molecule has 5 nitrogen and oxygen atoms in total. The van der Waals surface area contributed by atoms with Gasteiger partial charge in [0.05, 0.1) is 0 Å². The van der Waals surface area contributed by atoms with Gasteiger partial charge in [-0.1, -0.05) is 25.1 Å². The molecule has 0 bridgehead atoms. The van der Waals surface area contributed by atoms with Gasteiger partial charge in [-0.25, -0.2) is 0 Å². The molecule has 3 rings (SSSR count). The van der Waals surface area contributed by atoms with E-state index in [1.807, 2.05) is 31.2 Å². The van der Waals surface area contributed by atoms with Crippen LogP contribution in [0, 0.1) is 18.8 Å². The Labute approximate surface area is 143 Å². The largest absolute Gasteiger partial charge is 0.484 e. The summed E-state index contributed by atoms with van der Waals surface area (Å²) in [6.45, 7) is 4.14. The molecular formula is C19H26N2O3. The van der Waals surface area contributed by atoms with Gasteiger partial charge in [0, 0.05) is 18.5 Å². The lowest BCUT2D eigenvalue weighted by Crippen LogP contribution is -2.55. The first-order chi connectivity index (χ1) is 11.5. The average Bonchev–Trinajstić information content (AvgIpc) is 2.53. The molecule has 1 heterocycles. The summed E-state index contributed by atoms with van der Waals surface area (Å²) < 4.78 is 5.60. The molecule has 1 aliphatic heterocycles. The summed E-state index contributed by atoms with van der Waals surface area (Å²) in [5.74, 6) is 1.75. The van der Waals surface area contributed by atoms with E-state index in [0.29, 0.717) is 18.3 Å². The summed E-state index contributed by atoms with van der Waals surface area (Å²) >= 11 is 0. The van der Waals surface area contributed by atoms with Crippen LogP contribution in [-0.4, -0.2) is 30.5 Å². The second kappa shape index (κ2) is 7.24. The predicted octanol–water partition coefficient (Wildman–Crippen LogP) is 2.18. The van der Waals surface area contributed by atoms with Gasteiger partial charge in [-0.2, -0.15) is 0 Å². The van der Waals surface area contributed by atoms with Gasteiger partial charge >= 0.3 is 0 Å². The van der Waals surface area contributed by atoms with Crippen molar-refractivity contribution in [3.05, 3.63) is 29.8 Å². The molecule has 1 aliphatic carbocycles. The van der Waals surface area contributed by atoms with Crippen LogP contribution in [0.15, 0.2) is 24.3 Å². The van der Waals surface area contributed by atoms with Crippen LogP contribution in [0.2, 0.25) is 0 Å². The van der Waals surface area contributed by atoms with Crippen LogP contribution in [0.3, 0.4) is 0 Å². The first kappa shape index (κ1) is 16.8. The number of ether oxygens (including phenoxy) is 1. The minimum absolute atomic E-state index is 0.0260. The Kier molecular flexibility index (Phi) is 5.07. The fourth-order valence-electron chi connectivity index (χ4n) is 4.01. The summed E-state index contributed by atoms with van der Waals surface area (Å²) in [6, 6.07) is 7.98. The lowest BCUT2D eigenvalue weighted by molar-refractivity contribution is -0.127. The number of hydrogen-bond acceptors (Lipinski definition) is 3. The van der Waals surface area contributed by atoms with Crippen LogP contribution < -0.4 is 15.4 Å². The van der Waals surface area contributed by atoms with Gasteiger partial charge in [0.2, 0.25) is 5.91 Å². The number of amides is 2. The van der Waals surface area contributed by atoms with Gasteiger partial charge in [0.25, 0.3) is 5.91 Å². The zero-order valence-electron chi connectivity index (χ0n) is 14.4. The van der Waals surface area contributed by atoms with Gasteiger partial charge in [0.1, 0.15) is 5.75 Å². The third kappa shape index (κ3) is 3.89. The van der Waals surface area contributed by atoms with Crippen molar-refractivity contribution in [2.75, 3.05) is 6.61 Å². The number of nitrogens with one attached hydrogen (secondary N) is 2. The topological polar surface area (TPSA) is 67.4 Å². The van der Waals surface area contributed by atoms with Crippen molar-refractivity contribution in [3.63, 3.8) is 0 Å². The summed E-state index contributed by atoms with van der Waals surface area (Å²) in [6.07, 6.45) is 3.46. The van der Waals surface area contributed by atoms with Crippen LogP contribution in [0.5, 0.6) is 5.75 Å². The van der Waals surface area contributed by atoms with E-state index in [4.69, 9.17) is 4.74 Å². The number of fused-ring (bicyclic) bond motifs is 1.